The molecule has 23 heavy (non-hydrogen) atoms. The van der Waals surface area contributed by atoms with Crippen LogP contribution in [-0.2, 0) is 20.6 Å². The first-order valence-electron chi connectivity index (χ1n) is 7.53. The molecular formula is C15H20ClFN2O3S. The number of rotatable bonds is 5. The standard InChI is InChI=1S/C15H20ClFN2O3S/c1-2-18-15(20)11-6-8-19(9-7-11)23(21,22)10-12-13(16)4-3-5-14(12)17/h3-5,11H,2,6-10H2,1H3,(H,18,20). The fourth-order valence-corrected chi connectivity index (χ4v) is 4.58. The second-order valence-electron chi connectivity index (χ2n) is 5.52. The Hall–Kier alpha value is -1.18. The van der Waals surface area contributed by atoms with Crippen LogP contribution in [0, 0.1) is 11.7 Å². The third-order valence-corrected chi connectivity index (χ3v) is 6.12. The number of hydrogen-bond donors (Lipinski definition) is 1. The van der Waals surface area contributed by atoms with Crippen molar-refractivity contribution in [3.63, 3.8) is 0 Å². The lowest BCUT2D eigenvalue weighted by Crippen LogP contribution is -2.43. The number of sulfonamides is 1. The van der Waals surface area contributed by atoms with Crippen molar-refractivity contribution in [2.24, 2.45) is 5.92 Å². The monoisotopic (exact) mass is 362 g/mol. The first kappa shape index (κ1) is 18.2. The molecule has 1 heterocycles. The zero-order chi connectivity index (χ0) is 17.0. The molecule has 0 bridgehead atoms. The lowest BCUT2D eigenvalue weighted by molar-refractivity contribution is -0.126. The van der Waals surface area contributed by atoms with Crippen LogP contribution in [-0.4, -0.2) is 38.3 Å². The minimum Gasteiger partial charge on any atom is -0.356 e. The van der Waals surface area contributed by atoms with Gasteiger partial charge in [0.1, 0.15) is 5.82 Å². The molecule has 1 aliphatic rings. The summed E-state index contributed by atoms with van der Waals surface area (Å²) in [6.45, 7) is 2.92. The molecule has 1 fully saturated rings. The van der Waals surface area contributed by atoms with Crippen molar-refractivity contribution < 1.29 is 17.6 Å². The van der Waals surface area contributed by atoms with E-state index in [2.05, 4.69) is 5.32 Å². The van der Waals surface area contributed by atoms with Gasteiger partial charge in [-0.05, 0) is 31.9 Å². The summed E-state index contributed by atoms with van der Waals surface area (Å²) in [6.07, 6.45) is 0.937. The lowest BCUT2D eigenvalue weighted by Gasteiger charge is -2.30. The summed E-state index contributed by atoms with van der Waals surface area (Å²) in [5, 5.41) is 2.85. The molecule has 0 spiro atoms. The molecular weight excluding hydrogens is 343 g/mol. The Morgan fingerprint density at radius 1 is 1.39 bits per heavy atom. The average molecular weight is 363 g/mol. The molecule has 1 aliphatic heterocycles. The van der Waals surface area contributed by atoms with Crippen molar-refractivity contribution in [3.8, 4) is 0 Å². The van der Waals surface area contributed by atoms with Gasteiger partial charge < -0.3 is 5.32 Å². The molecule has 0 atom stereocenters. The number of hydrogen-bond acceptors (Lipinski definition) is 3. The number of carbonyl (C=O) groups excluding carboxylic acids is 1. The molecule has 1 saturated heterocycles. The predicted octanol–water partition coefficient (Wildman–Crippen LogP) is 2.16. The number of nitrogens with one attached hydrogen (secondary N) is 1. The average Bonchev–Trinajstić information content (AvgIpc) is 2.51. The van der Waals surface area contributed by atoms with Gasteiger partial charge in [-0.15, -0.1) is 0 Å². The normalized spacial score (nSPS) is 17.2. The van der Waals surface area contributed by atoms with E-state index >= 15 is 0 Å². The van der Waals surface area contributed by atoms with Gasteiger partial charge in [0.05, 0.1) is 5.75 Å². The van der Waals surface area contributed by atoms with E-state index in [0.29, 0.717) is 19.4 Å². The summed E-state index contributed by atoms with van der Waals surface area (Å²) in [6, 6.07) is 4.10. The van der Waals surface area contributed by atoms with Gasteiger partial charge in [0, 0.05) is 36.1 Å². The van der Waals surface area contributed by atoms with Crippen LogP contribution in [0.2, 0.25) is 5.02 Å². The third kappa shape index (κ3) is 4.43. The SMILES string of the molecule is CCNC(=O)C1CCN(S(=O)(=O)Cc2c(F)cccc2Cl)CC1. The zero-order valence-electron chi connectivity index (χ0n) is 12.9. The van der Waals surface area contributed by atoms with E-state index in [0.717, 1.165) is 0 Å². The minimum absolute atomic E-state index is 0.0139. The van der Waals surface area contributed by atoms with Crippen LogP contribution in [0.15, 0.2) is 18.2 Å². The van der Waals surface area contributed by atoms with Crippen LogP contribution in [0.5, 0.6) is 0 Å². The second-order valence-corrected chi connectivity index (χ2v) is 7.90. The van der Waals surface area contributed by atoms with Gasteiger partial charge in [0.25, 0.3) is 0 Å². The van der Waals surface area contributed by atoms with Gasteiger partial charge in [0.15, 0.2) is 0 Å². The second kappa shape index (κ2) is 7.59. The molecule has 1 amide bonds. The number of nitrogens with zero attached hydrogens (tertiary/aromatic N) is 1. The summed E-state index contributed by atoms with van der Waals surface area (Å²) in [5.41, 5.74) is -0.0139. The molecule has 128 valence electrons. The summed E-state index contributed by atoms with van der Waals surface area (Å²) in [5.74, 6) is -1.30. The molecule has 0 aliphatic carbocycles. The molecule has 1 aromatic rings. The third-order valence-electron chi connectivity index (χ3n) is 3.96. The molecule has 0 saturated carbocycles. The van der Waals surface area contributed by atoms with E-state index in [1.807, 2.05) is 6.92 Å². The van der Waals surface area contributed by atoms with Crippen molar-refractivity contribution >= 4 is 27.5 Å². The van der Waals surface area contributed by atoms with Crippen molar-refractivity contribution in [1.29, 1.82) is 0 Å². The molecule has 0 aromatic heterocycles. The van der Waals surface area contributed by atoms with Crippen molar-refractivity contribution in [2.45, 2.75) is 25.5 Å². The highest BCUT2D eigenvalue weighted by Gasteiger charge is 2.31. The number of carbonyl (C=O) groups is 1. The van der Waals surface area contributed by atoms with Crippen molar-refractivity contribution in [3.05, 3.63) is 34.6 Å². The maximum absolute atomic E-state index is 13.8. The Morgan fingerprint density at radius 2 is 2.04 bits per heavy atom. The van der Waals surface area contributed by atoms with Crippen molar-refractivity contribution in [1.82, 2.24) is 9.62 Å². The molecule has 0 unspecified atom stereocenters. The van der Waals surface area contributed by atoms with Crippen LogP contribution < -0.4 is 5.32 Å². The van der Waals surface area contributed by atoms with Crippen LogP contribution in [0.1, 0.15) is 25.3 Å². The Labute approximate surface area is 140 Å². The summed E-state index contributed by atoms with van der Waals surface area (Å²) in [4.78, 5) is 11.8. The summed E-state index contributed by atoms with van der Waals surface area (Å²) < 4.78 is 40.0. The van der Waals surface area contributed by atoms with Gasteiger partial charge in [-0.3, -0.25) is 4.79 Å². The van der Waals surface area contributed by atoms with E-state index in [-0.39, 0.29) is 35.5 Å². The first-order chi connectivity index (χ1) is 10.8. The highest BCUT2D eigenvalue weighted by Crippen LogP contribution is 2.25. The fraction of sp³-hybridized carbons (Fsp3) is 0.533. The lowest BCUT2D eigenvalue weighted by atomic mass is 9.97. The molecule has 1 N–H and O–H groups in total. The fourth-order valence-electron chi connectivity index (χ4n) is 2.66. The molecule has 8 heteroatoms. The largest absolute Gasteiger partial charge is 0.356 e. The quantitative estimate of drug-likeness (QED) is 0.872. The Kier molecular flexibility index (Phi) is 6.00. The maximum Gasteiger partial charge on any atom is 0.223 e. The van der Waals surface area contributed by atoms with E-state index in [4.69, 9.17) is 11.6 Å². The Bertz CT molecular complexity index is 653. The Balaban J connectivity index is 2.03. The summed E-state index contributed by atoms with van der Waals surface area (Å²) >= 11 is 5.90. The van der Waals surface area contributed by atoms with Crippen LogP contribution in [0.4, 0.5) is 4.39 Å². The van der Waals surface area contributed by atoms with E-state index in [9.17, 15) is 17.6 Å². The molecule has 0 radical (unpaired) electrons. The van der Waals surface area contributed by atoms with E-state index in [1.165, 1.54) is 22.5 Å². The van der Waals surface area contributed by atoms with Gasteiger partial charge in [-0.1, -0.05) is 17.7 Å². The zero-order valence-corrected chi connectivity index (χ0v) is 14.5. The van der Waals surface area contributed by atoms with Gasteiger partial charge in [-0.2, -0.15) is 0 Å². The molecule has 2 rings (SSSR count). The smallest absolute Gasteiger partial charge is 0.223 e. The molecule has 1 aromatic carbocycles. The highest BCUT2D eigenvalue weighted by molar-refractivity contribution is 7.88. The number of halogens is 2. The number of benzene rings is 1. The van der Waals surface area contributed by atoms with E-state index < -0.39 is 21.6 Å². The first-order valence-corrected chi connectivity index (χ1v) is 9.52. The number of amides is 1. The van der Waals surface area contributed by atoms with Crippen LogP contribution in [0.25, 0.3) is 0 Å². The number of piperidine rings is 1. The maximum atomic E-state index is 13.8. The molecule has 5 nitrogen and oxygen atoms in total. The topological polar surface area (TPSA) is 66.5 Å². The van der Waals surface area contributed by atoms with E-state index in [1.54, 1.807) is 0 Å². The van der Waals surface area contributed by atoms with Crippen LogP contribution >= 0.6 is 11.6 Å². The Morgan fingerprint density at radius 3 is 2.61 bits per heavy atom. The predicted molar refractivity (Wildman–Crippen MR) is 87.0 cm³/mol. The van der Waals surface area contributed by atoms with Gasteiger partial charge in [-0.25, -0.2) is 17.1 Å². The summed E-state index contributed by atoms with van der Waals surface area (Å²) in [7, 11) is -3.67. The highest BCUT2D eigenvalue weighted by atomic mass is 35.5. The van der Waals surface area contributed by atoms with Crippen LogP contribution in [0.3, 0.4) is 0 Å². The minimum atomic E-state index is -3.67. The van der Waals surface area contributed by atoms with Crippen molar-refractivity contribution in [2.75, 3.05) is 19.6 Å². The van der Waals surface area contributed by atoms with Gasteiger partial charge in [0.2, 0.25) is 15.9 Å². The van der Waals surface area contributed by atoms with Gasteiger partial charge >= 0.3 is 0 Å².